The highest BCUT2D eigenvalue weighted by molar-refractivity contribution is 6.33. The van der Waals surface area contributed by atoms with Crippen molar-refractivity contribution in [1.82, 2.24) is 10.3 Å². The Morgan fingerprint density at radius 2 is 2.50 bits per heavy atom. The van der Waals surface area contributed by atoms with Gasteiger partial charge < -0.3 is 10.4 Å². The molecule has 0 spiro atoms. The van der Waals surface area contributed by atoms with Crippen LogP contribution in [0.4, 0.5) is 0 Å². The van der Waals surface area contributed by atoms with Crippen molar-refractivity contribution in [3.05, 3.63) is 29.0 Å². The lowest BCUT2D eigenvalue weighted by Crippen LogP contribution is -2.30. The number of aliphatic hydroxyl groups is 1. The molecule has 1 aromatic heterocycles. The Labute approximate surface area is 86.9 Å². The molecule has 1 rings (SSSR count). The van der Waals surface area contributed by atoms with Crippen molar-refractivity contribution in [3.8, 4) is 0 Å². The largest absolute Gasteiger partial charge is 0.392 e. The fourth-order valence-electron chi connectivity index (χ4n) is 0.880. The van der Waals surface area contributed by atoms with Gasteiger partial charge in [0.25, 0.3) is 5.91 Å². The number of nitrogens with zero attached hydrogens (tertiary/aromatic N) is 1. The SMILES string of the molecule is CC(O)CNC(=O)c1cnccc1Cl. The predicted octanol–water partition coefficient (Wildman–Crippen LogP) is 0.846. The summed E-state index contributed by atoms with van der Waals surface area (Å²) in [4.78, 5) is 15.2. The van der Waals surface area contributed by atoms with E-state index in [4.69, 9.17) is 16.7 Å². The van der Waals surface area contributed by atoms with Gasteiger partial charge in [-0.1, -0.05) is 11.6 Å². The zero-order chi connectivity index (χ0) is 10.6. The van der Waals surface area contributed by atoms with E-state index in [-0.39, 0.29) is 12.5 Å². The number of halogens is 1. The summed E-state index contributed by atoms with van der Waals surface area (Å²) in [5, 5.41) is 11.8. The lowest BCUT2D eigenvalue weighted by molar-refractivity contribution is 0.0924. The van der Waals surface area contributed by atoms with Crippen molar-refractivity contribution in [2.45, 2.75) is 13.0 Å². The summed E-state index contributed by atoms with van der Waals surface area (Å²) < 4.78 is 0. The summed E-state index contributed by atoms with van der Waals surface area (Å²) in [6.07, 6.45) is 2.32. The van der Waals surface area contributed by atoms with E-state index in [2.05, 4.69) is 10.3 Å². The van der Waals surface area contributed by atoms with Gasteiger partial charge in [0.1, 0.15) is 0 Å². The van der Waals surface area contributed by atoms with Crippen LogP contribution < -0.4 is 5.32 Å². The molecule has 1 atom stereocenters. The molecule has 4 nitrogen and oxygen atoms in total. The second-order valence-corrected chi connectivity index (χ2v) is 3.32. The van der Waals surface area contributed by atoms with E-state index >= 15 is 0 Å². The third kappa shape index (κ3) is 2.97. The summed E-state index contributed by atoms with van der Waals surface area (Å²) >= 11 is 5.77. The Bertz CT molecular complexity index is 328. The van der Waals surface area contributed by atoms with Crippen LogP contribution in [-0.2, 0) is 0 Å². The number of hydrogen-bond acceptors (Lipinski definition) is 3. The minimum Gasteiger partial charge on any atom is -0.392 e. The first-order valence-electron chi connectivity index (χ1n) is 4.17. The smallest absolute Gasteiger partial charge is 0.254 e. The molecule has 1 aromatic rings. The lowest BCUT2D eigenvalue weighted by Gasteiger charge is -2.07. The number of nitrogens with one attached hydrogen (secondary N) is 1. The average Bonchev–Trinajstić information content (AvgIpc) is 2.15. The van der Waals surface area contributed by atoms with Crippen LogP contribution in [0.15, 0.2) is 18.5 Å². The highest BCUT2D eigenvalue weighted by Gasteiger charge is 2.09. The van der Waals surface area contributed by atoms with Crippen molar-refractivity contribution in [3.63, 3.8) is 0 Å². The van der Waals surface area contributed by atoms with Gasteiger partial charge >= 0.3 is 0 Å². The maximum atomic E-state index is 11.4. The number of carbonyl (C=O) groups excluding carboxylic acids is 1. The van der Waals surface area contributed by atoms with Crippen LogP contribution >= 0.6 is 11.6 Å². The van der Waals surface area contributed by atoms with E-state index in [0.29, 0.717) is 10.6 Å². The van der Waals surface area contributed by atoms with Crippen molar-refractivity contribution in [2.24, 2.45) is 0 Å². The summed E-state index contributed by atoms with van der Waals surface area (Å²) in [5.74, 6) is -0.330. The number of amides is 1. The Hall–Kier alpha value is -1.13. The summed E-state index contributed by atoms with van der Waals surface area (Å²) in [7, 11) is 0. The van der Waals surface area contributed by atoms with Gasteiger partial charge in [0.15, 0.2) is 0 Å². The van der Waals surface area contributed by atoms with Crippen LogP contribution in [0.1, 0.15) is 17.3 Å². The number of hydrogen-bond donors (Lipinski definition) is 2. The topological polar surface area (TPSA) is 62.2 Å². The van der Waals surface area contributed by atoms with E-state index in [1.54, 1.807) is 13.0 Å². The van der Waals surface area contributed by atoms with Gasteiger partial charge in [0.2, 0.25) is 0 Å². The van der Waals surface area contributed by atoms with Crippen LogP contribution in [0.25, 0.3) is 0 Å². The van der Waals surface area contributed by atoms with Crippen LogP contribution in [0, 0.1) is 0 Å². The molecule has 1 amide bonds. The minimum atomic E-state index is -0.575. The molecule has 0 aromatic carbocycles. The molecule has 76 valence electrons. The van der Waals surface area contributed by atoms with E-state index in [9.17, 15) is 4.79 Å². The van der Waals surface area contributed by atoms with Gasteiger partial charge in [-0.15, -0.1) is 0 Å². The Morgan fingerprint density at radius 1 is 1.79 bits per heavy atom. The molecule has 0 aliphatic rings. The molecule has 1 heterocycles. The van der Waals surface area contributed by atoms with Crippen molar-refractivity contribution < 1.29 is 9.90 Å². The quantitative estimate of drug-likeness (QED) is 0.784. The standard InChI is InChI=1S/C9H11ClN2O2/c1-6(13)4-12-9(14)7-5-11-3-2-8(7)10/h2-3,5-6,13H,4H2,1H3,(H,12,14). The van der Waals surface area contributed by atoms with Gasteiger partial charge in [-0.2, -0.15) is 0 Å². The molecule has 1 unspecified atom stereocenters. The van der Waals surface area contributed by atoms with Crippen molar-refractivity contribution >= 4 is 17.5 Å². The highest BCUT2D eigenvalue weighted by Crippen LogP contribution is 2.12. The van der Waals surface area contributed by atoms with Crippen LogP contribution in [-0.4, -0.2) is 28.6 Å². The maximum Gasteiger partial charge on any atom is 0.254 e. The normalized spacial score (nSPS) is 12.2. The monoisotopic (exact) mass is 214 g/mol. The molecule has 0 radical (unpaired) electrons. The molecule has 0 fully saturated rings. The first-order valence-corrected chi connectivity index (χ1v) is 4.55. The van der Waals surface area contributed by atoms with Gasteiger partial charge in [0.05, 0.1) is 16.7 Å². The van der Waals surface area contributed by atoms with Gasteiger partial charge in [-0.25, -0.2) is 0 Å². The van der Waals surface area contributed by atoms with Crippen molar-refractivity contribution in [1.29, 1.82) is 0 Å². The Morgan fingerprint density at radius 3 is 3.07 bits per heavy atom. The summed E-state index contributed by atoms with van der Waals surface area (Å²) in [5.41, 5.74) is 0.315. The zero-order valence-corrected chi connectivity index (χ0v) is 8.45. The number of aromatic nitrogens is 1. The Balaban J connectivity index is 2.65. The number of aliphatic hydroxyl groups excluding tert-OH is 1. The van der Waals surface area contributed by atoms with Crippen LogP contribution in [0.2, 0.25) is 5.02 Å². The summed E-state index contributed by atoms with van der Waals surface area (Å²) in [6, 6.07) is 1.54. The van der Waals surface area contributed by atoms with Crippen molar-refractivity contribution in [2.75, 3.05) is 6.54 Å². The molecule has 0 aliphatic carbocycles. The first kappa shape index (κ1) is 10.9. The van der Waals surface area contributed by atoms with Crippen LogP contribution in [0.3, 0.4) is 0 Å². The number of carbonyl (C=O) groups is 1. The zero-order valence-electron chi connectivity index (χ0n) is 7.70. The highest BCUT2D eigenvalue weighted by atomic mass is 35.5. The molecule has 14 heavy (non-hydrogen) atoms. The fraction of sp³-hybridized carbons (Fsp3) is 0.333. The second kappa shape index (κ2) is 4.93. The van der Waals surface area contributed by atoms with E-state index in [0.717, 1.165) is 0 Å². The lowest BCUT2D eigenvalue weighted by atomic mass is 10.2. The molecule has 0 aliphatic heterocycles. The first-order chi connectivity index (χ1) is 6.61. The third-order valence-electron chi connectivity index (χ3n) is 1.57. The number of pyridine rings is 1. The minimum absolute atomic E-state index is 0.198. The molecule has 2 N–H and O–H groups in total. The fourth-order valence-corrected chi connectivity index (χ4v) is 1.07. The van der Waals surface area contributed by atoms with E-state index in [1.807, 2.05) is 0 Å². The second-order valence-electron chi connectivity index (χ2n) is 2.91. The average molecular weight is 215 g/mol. The summed E-state index contributed by atoms with van der Waals surface area (Å²) in [6.45, 7) is 1.79. The molecular weight excluding hydrogens is 204 g/mol. The Kier molecular flexibility index (Phi) is 3.85. The van der Waals surface area contributed by atoms with Gasteiger partial charge in [-0.3, -0.25) is 9.78 Å². The maximum absolute atomic E-state index is 11.4. The predicted molar refractivity (Wildman–Crippen MR) is 53.3 cm³/mol. The number of rotatable bonds is 3. The molecular formula is C9H11ClN2O2. The molecule has 0 saturated carbocycles. The van der Waals surface area contributed by atoms with E-state index < -0.39 is 6.10 Å². The van der Waals surface area contributed by atoms with Crippen LogP contribution in [0.5, 0.6) is 0 Å². The molecule has 5 heteroatoms. The van der Waals surface area contributed by atoms with Gasteiger partial charge in [-0.05, 0) is 13.0 Å². The molecule has 0 saturated heterocycles. The third-order valence-corrected chi connectivity index (χ3v) is 1.90. The van der Waals surface area contributed by atoms with E-state index in [1.165, 1.54) is 12.4 Å². The molecule has 0 bridgehead atoms. The van der Waals surface area contributed by atoms with Gasteiger partial charge in [0, 0.05) is 18.9 Å².